The van der Waals surface area contributed by atoms with Crippen molar-refractivity contribution in [2.24, 2.45) is 0 Å². The lowest BCUT2D eigenvalue weighted by Crippen LogP contribution is -2.55. The predicted molar refractivity (Wildman–Crippen MR) is 100 cm³/mol. The number of nitrogens with one attached hydrogen (secondary N) is 2. The Hall–Kier alpha value is -2.12. The Morgan fingerprint density at radius 3 is 2.62 bits per heavy atom. The summed E-state index contributed by atoms with van der Waals surface area (Å²) in [5.74, 6) is 0.804. The average Bonchev–Trinajstić information content (AvgIpc) is 3.45. The number of carbonyl (C=O) groups is 2. The van der Waals surface area contributed by atoms with Gasteiger partial charge in [0.25, 0.3) is 0 Å². The molecule has 2 aliphatic rings. The van der Waals surface area contributed by atoms with Crippen LogP contribution in [-0.2, 0) is 9.59 Å². The quantitative estimate of drug-likeness (QED) is 0.756. The largest absolute Gasteiger partial charge is 0.497 e. The van der Waals surface area contributed by atoms with Crippen LogP contribution in [0.1, 0.15) is 19.8 Å². The number of nitrogens with zero attached hydrogens (tertiary/aromatic N) is 2. The maximum Gasteiger partial charge on any atom is 0.238 e. The van der Waals surface area contributed by atoms with Crippen molar-refractivity contribution < 1.29 is 14.3 Å². The monoisotopic (exact) mass is 360 g/mol. The van der Waals surface area contributed by atoms with Crippen LogP contribution in [0.4, 0.5) is 5.69 Å². The van der Waals surface area contributed by atoms with Gasteiger partial charge in [0.05, 0.1) is 19.7 Å². The van der Waals surface area contributed by atoms with Crippen molar-refractivity contribution in [2.45, 2.75) is 31.8 Å². The first-order valence-electron chi connectivity index (χ1n) is 9.26. The van der Waals surface area contributed by atoms with Crippen LogP contribution in [0.15, 0.2) is 24.3 Å². The lowest BCUT2D eigenvalue weighted by Gasteiger charge is -2.37. The molecule has 2 fully saturated rings. The van der Waals surface area contributed by atoms with E-state index in [1.807, 2.05) is 25.1 Å². The smallest absolute Gasteiger partial charge is 0.238 e. The first-order valence-corrected chi connectivity index (χ1v) is 9.26. The molecule has 3 rings (SSSR count). The second-order valence-corrected chi connectivity index (χ2v) is 7.05. The molecule has 0 spiro atoms. The van der Waals surface area contributed by atoms with Crippen LogP contribution in [0.3, 0.4) is 0 Å². The zero-order valence-corrected chi connectivity index (χ0v) is 15.5. The van der Waals surface area contributed by atoms with Crippen LogP contribution in [-0.4, -0.2) is 73.5 Å². The minimum absolute atomic E-state index is 0.0359. The number of benzene rings is 1. The molecule has 2 N–H and O–H groups in total. The molecule has 1 atom stereocenters. The van der Waals surface area contributed by atoms with Gasteiger partial charge in [0.1, 0.15) is 5.75 Å². The molecular weight excluding hydrogens is 332 g/mol. The van der Waals surface area contributed by atoms with E-state index in [2.05, 4.69) is 20.4 Å². The number of carbonyl (C=O) groups excluding carboxylic acids is 2. The average molecular weight is 360 g/mol. The molecule has 1 saturated heterocycles. The van der Waals surface area contributed by atoms with Crippen molar-refractivity contribution in [1.82, 2.24) is 15.1 Å². The highest BCUT2D eigenvalue weighted by atomic mass is 16.5. The summed E-state index contributed by atoms with van der Waals surface area (Å²) < 4.78 is 5.17. The van der Waals surface area contributed by atoms with Crippen LogP contribution in [0, 0.1) is 0 Å². The molecule has 1 aromatic rings. The molecule has 0 radical (unpaired) electrons. The minimum atomic E-state index is -0.108. The van der Waals surface area contributed by atoms with Crippen LogP contribution in [0.2, 0.25) is 0 Å². The van der Waals surface area contributed by atoms with Gasteiger partial charge in [0.15, 0.2) is 0 Å². The van der Waals surface area contributed by atoms with E-state index in [-0.39, 0.29) is 17.9 Å². The first-order chi connectivity index (χ1) is 12.5. The van der Waals surface area contributed by atoms with Gasteiger partial charge in [-0.05, 0) is 31.9 Å². The maximum atomic E-state index is 12.3. The van der Waals surface area contributed by atoms with Gasteiger partial charge in [-0.3, -0.25) is 19.4 Å². The molecular formula is C19H28N4O3. The number of anilines is 1. The summed E-state index contributed by atoms with van der Waals surface area (Å²) in [4.78, 5) is 28.7. The van der Waals surface area contributed by atoms with E-state index in [0.717, 1.165) is 50.5 Å². The molecule has 1 aromatic carbocycles. The maximum absolute atomic E-state index is 12.3. The molecule has 2 amide bonds. The number of amides is 2. The first kappa shape index (κ1) is 18.7. The Bertz CT molecular complexity index is 639. The summed E-state index contributed by atoms with van der Waals surface area (Å²) in [6.45, 7) is 5.48. The van der Waals surface area contributed by atoms with Crippen molar-refractivity contribution in [2.75, 3.05) is 45.2 Å². The lowest BCUT2D eigenvalue weighted by atomic mass is 10.2. The Labute approximate surface area is 154 Å². The third-order valence-corrected chi connectivity index (χ3v) is 4.98. The fourth-order valence-electron chi connectivity index (χ4n) is 3.13. The van der Waals surface area contributed by atoms with Crippen molar-refractivity contribution in [3.8, 4) is 5.75 Å². The molecule has 0 bridgehead atoms. The normalized spacial score (nSPS) is 19.6. The fourth-order valence-corrected chi connectivity index (χ4v) is 3.13. The number of methoxy groups -OCH3 is 1. The number of hydrogen-bond acceptors (Lipinski definition) is 5. The van der Waals surface area contributed by atoms with Crippen LogP contribution in [0.5, 0.6) is 5.75 Å². The van der Waals surface area contributed by atoms with Gasteiger partial charge in [0, 0.05) is 44.0 Å². The number of rotatable bonds is 7. The molecule has 1 unspecified atom stereocenters. The number of piperazine rings is 1. The predicted octanol–water partition coefficient (Wildman–Crippen LogP) is 0.918. The van der Waals surface area contributed by atoms with E-state index in [1.54, 1.807) is 13.2 Å². The molecule has 142 valence electrons. The van der Waals surface area contributed by atoms with E-state index >= 15 is 0 Å². The van der Waals surface area contributed by atoms with Crippen LogP contribution in [0.25, 0.3) is 0 Å². The highest BCUT2D eigenvalue weighted by molar-refractivity contribution is 5.92. The van der Waals surface area contributed by atoms with Gasteiger partial charge in [-0.2, -0.15) is 0 Å². The zero-order chi connectivity index (χ0) is 18.5. The summed E-state index contributed by atoms with van der Waals surface area (Å²) >= 11 is 0. The van der Waals surface area contributed by atoms with Gasteiger partial charge in [-0.25, -0.2) is 0 Å². The molecule has 1 saturated carbocycles. The van der Waals surface area contributed by atoms with E-state index < -0.39 is 0 Å². The standard InChI is InChI=1S/C19H28N4O3/c1-14(19(25)21-15-6-7-15)23-10-8-22(9-11-23)13-18(24)20-16-4-3-5-17(12-16)26-2/h3-5,12,14-15H,6-11,13H2,1-2H3,(H,20,24)(H,21,25). The van der Waals surface area contributed by atoms with Crippen LogP contribution >= 0.6 is 0 Å². The van der Waals surface area contributed by atoms with Crippen molar-refractivity contribution in [1.29, 1.82) is 0 Å². The van der Waals surface area contributed by atoms with Crippen molar-refractivity contribution in [3.63, 3.8) is 0 Å². The summed E-state index contributed by atoms with van der Waals surface area (Å²) in [5, 5.41) is 5.97. The molecule has 0 aromatic heterocycles. The Morgan fingerprint density at radius 2 is 1.96 bits per heavy atom. The Balaban J connectivity index is 1.41. The second-order valence-electron chi connectivity index (χ2n) is 7.05. The van der Waals surface area contributed by atoms with E-state index in [9.17, 15) is 9.59 Å². The molecule has 1 aliphatic carbocycles. The van der Waals surface area contributed by atoms with Gasteiger partial charge in [0.2, 0.25) is 11.8 Å². The van der Waals surface area contributed by atoms with E-state index in [0.29, 0.717) is 12.6 Å². The van der Waals surface area contributed by atoms with Gasteiger partial charge >= 0.3 is 0 Å². The van der Waals surface area contributed by atoms with Crippen molar-refractivity contribution in [3.05, 3.63) is 24.3 Å². The zero-order valence-electron chi connectivity index (χ0n) is 15.5. The third-order valence-electron chi connectivity index (χ3n) is 4.98. The van der Waals surface area contributed by atoms with Gasteiger partial charge < -0.3 is 15.4 Å². The summed E-state index contributed by atoms with van der Waals surface area (Å²) in [6, 6.07) is 7.63. The summed E-state index contributed by atoms with van der Waals surface area (Å²) in [7, 11) is 1.60. The molecule has 1 heterocycles. The molecule has 7 nitrogen and oxygen atoms in total. The second kappa shape index (κ2) is 8.51. The van der Waals surface area contributed by atoms with E-state index in [1.165, 1.54) is 0 Å². The fraction of sp³-hybridized carbons (Fsp3) is 0.579. The number of hydrogen-bond donors (Lipinski definition) is 2. The highest BCUT2D eigenvalue weighted by Crippen LogP contribution is 2.19. The van der Waals surface area contributed by atoms with Crippen LogP contribution < -0.4 is 15.4 Å². The topological polar surface area (TPSA) is 73.9 Å². The molecule has 1 aliphatic heterocycles. The number of ether oxygens (including phenoxy) is 1. The molecule has 26 heavy (non-hydrogen) atoms. The van der Waals surface area contributed by atoms with Gasteiger partial charge in [-0.15, -0.1) is 0 Å². The van der Waals surface area contributed by atoms with Gasteiger partial charge in [-0.1, -0.05) is 6.07 Å². The Kier molecular flexibility index (Phi) is 6.11. The van der Waals surface area contributed by atoms with Crippen molar-refractivity contribution >= 4 is 17.5 Å². The van der Waals surface area contributed by atoms with E-state index in [4.69, 9.17) is 4.74 Å². The SMILES string of the molecule is COc1cccc(NC(=O)CN2CCN(C(C)C(=O)NC3CC3)CC2)c1. The summed E-state index contributed by atoms with van der Waals surface area (Å²) in [5.41, 5.74) is 0.735. The highest BCUT2D eigenvalue weighted by Gasteiger charge is 2.30. The third kappa shape index (κ3) is 5.19. The minimum Gasteiger partial charge on any atom is -0.497 e. The molecule has 7 heteroatoms. The summed E-state index contributed by atoms with van der Waals surface area (Å²) in [6.07, 6.45) is 2.21. The Morgan fingerprint density at radius 1 is 1.23 bits per heavy atom. The lowest BCUT2D eigenvalue weighted by molar-refractivity contribution is -0.127.